The highest BCUT2D eigenvalue weighted by atomic mass is 16.5. The van der Waals surface area contributed by atoms with Crippen molar-refractivity contribution in [1.29, 1.82) is 0 Å². The molecule has 1 amide bonds. The predicted molar refractivity (Wildman–Crippen MR) is 92.7 cm³/mol. The van der Waals surface area contributed by atoms with Crippen LogP contribution in [-0.2, 0) is 18.3 Å². The Balaban J connectivity index is 1.60. The van der Waals surface area contributed by atoms with E-state index < -0.39 is 6.10 Å². The van der Waals surface area contributed by atoms with Gasteiger partial charge in [-0.15, -0.1) is 0 Å². The van der Waals surface area contributed by atoms with Gasteiger partial charge in [-0.25, -0.2) is 4.68 Å². The van der Waals surface area contributed by atoms with E-state index in [0.717, 1.165) is 47.8 Å². The first-order valence-corrected chi connectivity index (χ1v) is 8.72. The maximum Gasteiger partial charge on any atom is 0.264 e. The predicted octanol–water partition coefficient (Wildman–Crippen LogP) is 2.40. The molecular weight excluding hydrogens is 318 g/mol. The van der Waals surface area contributed by atoms with Crippen LogP contribution >= 0.6 is 0 Å². The van der Waals surface area contributed by atoms with Crippen LogP contribution in [0.3, 0.4) is 0 Å². The second-order valence-corrected chi connectivity index (χ2v) is 6.74. The lowest BCUT2D eigenvalue weighted by molar-refractivity contribution is -0.138. The average Bonchev–Trinajstić information content (AvgIpc) is 3.30. The van der Waals surface area contributed by atoms with Crippen molar-refractivity contribution in [2.45, 2.75) is 38.3 Å². The molecule has 0 unspecified atom stereocenters. The van der Waals surface area contributed by atoms with Gasteiger partial charge in [-0.3, -0.25) is 4.79 Å². The number of methoxy groups -OCH3 is 1. The van der Waals surface area contributed by atoms with E-state index in [0.29, 0.717) is 6.42 Å². The summed E-state index contributed by atoms with van der Waals surface area (Å²) in [5.41, 5.74) is 3.04. The third-order valence-electron chi connectivity index (χ3n) is 5.20. The van der Waals surface area contributed by atoms with Crippen molar-refractivity contribution < 1.29 is 14.3 Å². The maximum atomic E-state index is 13.2. The second-order valence-electron chi connectivity index (χ2n) is 6.74. The van der Waals surface area contributed by atoms with Crippen LogP contribution in [0, 0.1) is 6.92 Å². The Morgan fingerprint density at radius 3 is 2.92 bits per heavy atom. The maximum absolute atomic E-state index is 13.2. The number of aromatic nitrogens is 2. The molecule has 132 valence electrons. The molecule has 1 saturated heterocycles. The van der Waals surface area contributed by atoms with Crippen LogP contribution in [0.5, 0.6) is 11.6 Å². The zero-order valence-corrected chi connectivity index (χ0v) is 14.9. The highest BCUT2D eigenvalue weighted by Crippen LogP contribution is 2.40. The normalized spacial score (nSPS) is 22.0. The van der Waals surface area contributed by atoms with Crippen molar-refractivity contribution in [2.24, 2.45) is 7.05 Å². The Bertz CT molecular complexity index is 789. The van der Waals surface area contributed by atoms with Gasteiger partial charge in [0.2, 0.25) is 5.88 Å². The smallest absolute Gasteiger partial charge is 0.264 e. The van der Waals surface area contributed by atoms with E-state index in [-0.39, 0.29) is 11.9 Å². The lowest BCUT2D eigenvalue weighted by Gasteiger charge is -2.27. The molecule has 2 atom stereocenters. The van der Waals surface area contributed by atoms with Crippen LogP contribution in [-0.4, -0.2) is 40.3 Å². The summed E-state index contributed by atoms with van der Waals surface area (Å²) in [5, 5.41) is 4.47. The zero-order chi connectivity index (χ0) is 17.6. The van der Waals surface area contributed by atoms with Gasteiger partial charge < -0.3 is 14.4 Å². The van der Waals surface area contributed by atoms with E-state index in [1.807, 2.05) is 43.1 Å². The van der Waals surface area contributed by atoms with E-state index in [9.17, 15) is 4.79 Å². The molecule has 6 heteroatoms. The summed E-state index contributed by atoms with van der Waals surface area (Å²) in [6.45, 7) is 2.72. The summed E-state index contributed by atoms with van der Waals surface area (Å²) in [7, 11) is 3.52. The van der Waals surface area contributed by atoms with Crippen LogP contribution in [0.1, 0.15) is 35.7 Å². The highest BCUT2D eigenvalue weighted by Gasteiger charge is 2.40. The van der Waals surface area contributed by atoms with E-state index in [4.69, 9.17) is 9.47 Å². The van der Waals surface area contributed by atoms with Gasteiger partial charge in [-0.05, 0) is 31.4 Å². The monoisotopic (exact) mass is 341 g/mol. The van der Waals surface area contributed by atoms with Crippen molar-refractivity contribution >= 4 is 5.91 Å². The molecule has 0 spiro atoms. The van der Waals surface area contributed by atoms with Crippen molar-refractivity contribution in [3.8, 4) is 11.6 Å². The summed E-state index contributed by atoms with van der Waals surface area (Å²) >= 11 is 0. The number of hydrogen-bond acceptors (Lipinski definition) is 4. The number of carbonyl (C=O) groups excluding carboxylic acids is 1. The number of aryl methyl sites for hydroxylation is 2. The van der Waals surface area contributed by atoms with Crippen LogP contribution in [0.4, 0.5) is 0 Å². The number of carbonyl (C=O) groups is 1. The fourth-order valence-electron chi connectivity index (χ4n) is 4.11. The Hall–Kier alpha value is -2.50. The van der Waals surface area contributed by atoms with Gasteiger partial charge in [-0.1, -0.05) is 18.2 Å². The van der Waals surface area contributed by atoms with Crippen LogP contribution in [0.25, 0.3) is 0 Å². The topological polar surface area (TPSA) is 56.6 Å². The summed E-state index contributed by atoms with van der Waals surface area (Å²) in [6, 6.07) is 7.88. The molecule has 1 aromatic heterocycles. The van der Waals surface area contributed by atoms with Crippen molar-refractivity contribution in [2.75, 3.05) is 13.7 Å². The Kier molecular flexibility index (Phi) is 3.90. The molecule has 3 heterocycles. The summed E-state index contributed by atoms with van der Waals surface area (Å²) in [4.78, 5) is 15.1. The first-order valence-electron chi connectivity index (χ1n) is 8.72. The van der Waals surface area contributed by atoms with Crippen molar-refractivity contribution in [3.05, 3.63) is 41.1 Å². The molecule has 2 aromatic rings. The first-order chi connectivity index (χ1) is 12.1. The largest absolute Gasteiger partial charge is 0.481 e. The van der Waals surface area contributed by atoms with Gasteiger partial charge in [0.05, 0.1) is 24.4 Å². The van der Waals surface area contributed by atoms with Gasteiger partial charge in [0.15, 0.2) is 6.10 Å². The molecule has 25 heavy (non-hydrogen) atoms. The number of hydrogen-bond donors (Lipinski definition) is 0. The minimum absolute atomic E-state index is 0.00321. The number of para-hydroxylation sites is 1. The minimum atomic E-state index is -0.430. The lowest BCUT2D eigenvalue weighted by atomic mass is 10.0. The zero-order valence-electron chi connectivity index (χ0n) is 14.9. The molecule has 0 aliphatic carbocycles. The number of fused-ring (bicyclic) bond motifs is 1. The molecular formula is C19H23N3O3. The molecule has 2 aliphatic rings. The molecule has 0 bridgehead atoms. The molecule has 4 rings (SSSR count). The van der Waals surface area contributed by atoms with Gasteiger partial charge in [0.25, 0.3) is 5.91 Å². The first kappa shape index (κ1) is 16.0. The molecule has 1 fully saturated rings. The highest BCUT2D eigenvalue weighted by molar-refractivity contribution is 5.83. The van der Waals surface area contributed by atoms with Crippen LogP contribution in [0.15, 0.2) is 24.3 Å². The number of likely N-dealkylation sites (tertiary alicyclic amines) is 1. The second kappa shape index (κ2) is 6.10. The van der Waals surface area contributed by atoms with Gasteiger partial charge in [0, 0.05) is 20.0 Å². The van der Waals surface area contributed by atoms with E-state index >= 15 is 0 Å². The lowest BCUT2D eigenvalue weighted by Crippen LogP contribution is -2.41. The van der Waals surface area contributed by atoms with Crippen LogP contribution in [0.2, 0.25) is 0 Å². The SMILES string of the molecule is COc1c([C@@H]2CCCN2C(=O)[C@H]2Cc3ccccc3O2)c(C)nn1C. The third-order valence-corrected chi connectivity index (χ3v) is 5.20. The Morgan fingerprint density at radius 2 is 2.16 bits per heavy atom. The molecule has 2 aliphatic heterocycles. The standard InChI is InChI=1S/C19H23N3O3/c1-12-17(19(24-3)21(2)20-12)14-8-6-10-22(14)18(23)16-11-13-7-4-5-9-15(13)25-16/h4-5,7,9,14,16H,6,8,10-11H2,1-3H3/t14-,16+/m0/s1. The molecule has 6 nitrogen and oxygen atoms in total. The van der Waals surface area contributed by atoms with E-state index in [1.165, 1.54) is 0 Å². The summed E-state index contributed by atoms with van der Waals surface area (Å²) in [6.07, 6.45) is 2.12. The molecule has 0 N–H and O–H groups in total. The summed E-state index contributed by atoms with van der Waals surface area (Å²) < 4.78 is 13.2. The summed E-state index contributed by atoms with van der Waals surface area (Å²) in [5.74, 6) is 1.62. The quantitative estimate of drug-likeness (QED) is 0.860. The van der Waals surface area contributed by atoms with Crippen molar-refractivity contribution in [1.82, 2.24) is 14.7 Å². The van der Waals surface area contributed by atoms with Crippen molar-refractivity contribution in [3.63, 3.8) is 0 Å². The van der Waals surface area contributed by atoms with Gasteiger partial charge >= 0.3 is 0 Å². The minimum Gasteiger partial charge on any atom is -0.481 e. The molecule has 0 saturated carbocycles. The van der Waals surface area contributed by atoms with Gasteiger partial charge in [0.1, 0.15) is 5.75 Å². The number of rotatable bonds is 3. The fraction of sp³-hybridized carbons (Fsp3) is 0.474. The molecule has 1 aromatic carbocycles. The number of amides is 1. The van der Waals surface area contributed by atoms with Gasteiger partial charge in [-0.2, -0.15) is 5.10 Å². The Morgan fingerprint density at radius 1 is 1.36 bits per heavy atom. The molecule has 0 radical (unpaired) electrons. The van der Waals surface area contributed by atoms with E-state index in [2.05, 4.69) is 5.10 Å². The Labute approximate surface area is 147 Å². The number of benzene rings is 1. The average molecular weight is 341 g/mol. The van der Waals surface area contributed by atoms with E-state index in [1.54, 1.807) is 11.8 Å². The number of ether oxygens (including phenoxy) is 2. The number of nitrogens with zero attached hydrogens (tertiary/aromatic N) is 3. The van der Waals surface area contributed by atoms with Crippen LogP contribution < -0.4 is 9.47 Å². The third kappa shape index (κ3) is 2.56. The fourth-order valence-corrected chi connectivity index (χ4v) is 4.11.